The summed E-state index contributed by atoms with van der Waals surface area (Å²) in [6.45, 7) is 10.1. The van der Waals surface area contributed by atoms with E-state index in [1.165, 1.54) is 6.92 Å². The first kappa shape index (κ1) is 11.9. The monoisotopic (exact) mass is 184 g/mol. The first-order valence-corrected chi connectivity index (χ1v) is 4.17. The van der Waals surface area contributed by atoms with Gasteiger partial charge in [-0.25, -0.2) is 0 Å². The van der Waals surface area contributed by atoms with E-state index < -0.39 is 17.5 Å². The van der Waals surface area contributed by atoms with Crippen molar-refractivity contribution in [3.05, 3.63) is 12.7 Å². The number of rotatable bonds is 3. The maximum atomic E-state index is 11.3. The zero-order chi connectivity index (χ0) is 10.6. The third kappa shape index (κ3) is 4.45. The molecule has 0 saturated carbocycles. The molecule has 0 heterocycles. The Balaban J connectivity index is 4.28. The molecule has 0 bridgehead atoms. The number of hydrogen-bond acceptors (Lipinski definition) is 3. The van der Waals surface area contributed by atoms with Crippen LogP contribution in [0.3, 0.4) is 0 Å². The second-order valence-corrected chi connectivity index (χ2v) is 3.86. The lowest BCUT2D eigenvalue weighted by atomic mass is 10.1. The quantitative estimate of drug-likeness (QED) is 0.381. The lowest BCUT2D eigenvalue weighted by Gasteiger charge is -2.21. The van der Waals surface area contributed by atoms with Gasteiger partial charge in [0.2, 0.25) is 0 Å². The van der Waals surface area contributed by atoms with Crippen molar-refractivity contribution in [2.75, 3.05) is 0 Å². The second kappa shape index (κ2) is 4.21. The van der Waals surface area contributed by atoms with E-state index in [1.807, 2.05) is 0 Å². The van der Waals surface area contributed by atoms with E-state index in [9.17, 15) is 9.59 Å². The van der Waals surface area contributed by atoms with E-state index in [4.69, 9.17) is 4.74 Å². The topological polar surface area (TPSA) is 43.4 Å². The van der Waals surface area contributed by atoms with E-state index in [2.05, 4.69) is 6.58 Å². The van der Waals surface area contributed by atoms with Crippen LogP contribution in [0, 0.1) is 5.92 Å². The van der Waals surface area contributed by atoms with Crippen LogP contribution < -0.4 is 0 Å². The smallest absolute Gasteiger partial charge is 0.317 e. The Morgan fingerprint density at radius 1 is 1.38 bits per heavy atom. The van der Waals surface area contributed by atoms with Crippen molar-refractivity contribution in [1.29, 1.82) is 0 Å². The molecule has 3 nitrogen and oxygen atoms in total. The molecule has 0 radical (unpaired) electrons. The molecule has 1 unspecified atom stereocenters. The fraction of sp³-hybridized carbons (Fsp3) is 0.600. The molecule has 3 heteroatoms. The van der Waals surface area contributed by atoms with E-state index in [-0.39, 0.29) is 5.78 Å². The molecule has 1 atom stereocenters. The summed E-state index contributed by atoms with van der Waals surface area (Å²) in [7, 11) is 0. The van der Waals surface area contributed by atoms with Crippen molar-refractivity contribution in [2.45, 2.75) is 33.3 Å². The number of esters is 1. The minimum Gasteiger partial charge on any atom is -0.459 e. The third-order valence-electron chi connectivity index (χ3n) is 1.39. The van der Waals surface area contributed by atoms with E-state index in [0.29, 0.717) is 0 Å². The number of ketones is 1. The first-order valence-electron chi connectivity index (χ1n) is 4.17. The molecule has 0 aromatic carbocycles. The van der Waals surface area contributed by atoms with Crippen LogP contribution >= 0.6 is 0 Å². The summed E-state index contributed by atoms with van der Waals surface area (Å²) in [6.07, 6.45) is 1.13. The van der Waals surface area contributed by atoms with Gasteiger partial charge in [0.15, 0.2) is 5.78 Å². The predicted octanol–water partition coefficient (Wildman–Crippen LogP) is 1.72. The largest absolute Gasteiger partial charge is 0.459 e. The Labute approximate surface area is 78.8 Å². The molecule has 13 heavy (non-hydrogen) atoms. The van der Waals surface area contributed by atoms with Crippen LogP contribution in [0.25, 0.3) is 0 Å². The molecule has 0 amide bonds. The van der Waals surface area contributed by atoms with Crippen molar-refractivity contribution < 1.29 is 14.3 Å². The summed E-state index contributed by atoms with van der Waals surface area (Å²) < 4.78 is 5.01. The summed E-state index contributed by atoms with van der Waals surface area (Å²) in [5.74, 6) is -1.57. The van der Waals surface area contributed by atoms with Gasteiger partial charge in [0.25, 0.3) is 0 Å². The van der Waals surface area contributed by atoms with E-state index in [1.54, 1.807) is 20.8 Å². The number of allylic oxidation sites excluding steroid dienone is 1. The zero-order valence-corrected chi connectivity index (χ0v) is 8.59. The average Bonchev–Trinajstić information content (AvgIpc) is 1.98. The fourth-order valence-corrected chi connectivity index (χ4v) is 0.683. The normalized spacial score (nSPS) is 13.2. The number of hydrogen-bond donors (Lipinski definition) is 0. The Bertz CT molecular complexity index is 223. The van der Waals surface area contributed by atoms with Gasteiger partial charge in [-0.15, -0.1) is 0 Å². The van der Waals surface area contributed by atoms with Crippen molar-refractivity contribution >= 4 is 11.8 Å². The number of carbonyl (C=O) groups excluding carboxylic acids is 2. The van der Waals surface area contributed by atoms with Gasteiger partial charge in [-0.1, -0.05) is 6.58 Å². The average molecular weight is 184 g/mol. The van der Waals surface area contributed by atoms with Gasteiger partial charge in [0.1, 0.15) is 11.5 Å². The van der Waals surface area contributed by atoms with Gasteiger partial charge < -0.3 is 4.74 Å². The minimum atomic E-state index is -0.753. The van der Waals surface area contributed by atoms with E-state index >= 15 is 0 Å². The van der Waals surface area contributed by atoms with Crippen LogP contribution in [0.15, 0.2) is 12.7 Å². The summed E-state index contributed by atoms with van der Waals surface area (Å²) in [5.41, 5.74) is -0.549. The molecule has 0 saturated heterocycles. The molecule has 0 aliphatic heterocycles. The van der Waals surface area contributed by atoms with Gasteiger partial charge in [0, 0.05) is 0 Å². The van der Waals surface area contributed by atoms with Crippen molar-refractivity contribution in [3.8, 4) is 0 Å². The molecule has 0 spiro atoms. The Kier molecular flexibility index (Phi) is 3.85. The summed E-state index contributed by atoms with van der Waals surface area (Å²) >= 11 is 0. The zero-order valence-electron chi connectivity index (χ0n) is 8.59. The Hall–Kier alpha value is -1.12. The third-order valence-corrected chi connectivity index (χ3v) is 1.39. The summed E-state index contributed by atoms with van der Waals surface area (Å²) in [6, 6.07) is 0. The molecular weight excluding hydrogens is 168 g/mol. The van der Waals surface area contributed by atoms with Gasteiger partial charge in [0.05, 0.1) is 0 Å². The second-order valence-electron chi connectivity index (χ2n) is 3.86. The molecular formula is C10H16O3. The predicted molar refractivity (Wildman–Crippen MR) is 50.2 cm³/mol. The molecule has 0 fully saturated rings. The highest BCUT2D eigenvalue weighted by atomic mass is 16.6. The molecule has 0 aromatic heterocycles. The minimum absolute atomic E-state index is 0.311. The lowest BCUT2D eigenvalue weighted by Crippen LogP contribution is -2.30. The summed E-state index contributed by atoms with van der Waals surface area (Å²) in [4.78, 5) is 22.3. The maximum absolute atomic E-state index is 11.3. The molecule has 0 aliphatic carbocycles. The van der Waals surface area contributed by atoms with Crippen LogP contribution in [0.4, 0.5) is 0 Å². The van der Waals surface area contributed by atoms with Crippen LogP contribution in [-0.4, -0.2) is 17.4 Å². The molecule has 0 aliphatic rings. The lowest BCUT2D eigenvalue weighted by molar-refractivity contribution is -0.160. The molecule has 0 N–H and O–H groups in total. The van der Waals surface area contributed by atoms with Crippen LogP contribution in [-0.2, 0) is 14.3 Å². The first-order chi connectivity index (χ1) is 5.78. The Morgan fingerprint density at radius 2 is 1.85 bits per heavy atom. The summed E-state index contributed by atoms with van der Waals surface area (Å²) in [5, 5.41) is 0. The maximum Gasteiger partial charge on any atom is 0.317 e. The van der Waals surface area contributed by atoms with Crippen molar-refractivity contribution in [3.63, 3.8) is 0 Å². The van der Waals surface area contributed by atoms with Gasteiger partial charge in [-0.2, -0.15) is 0 Å². The molecule has 0 aromatic rings. The number of carbonyl (C=O) groups is 2. The van der Waals surface area contributed by atoms with Crippen molar-refractivity contribution in [1.82, 2.24) is 0 Å². The number of ether oxygens (including phenoxy) is 1. The standard InChI is InChI=1S/C10H16O3/c1-6-8(11)7(2)9(12)13-10(3,4)5/h6-7H,1H2,2-5H3. The molecule has 74 valence electrons. The van der Waals surface area contributed by atoms with Crippen LogP contribution in [0.2, 0.25) is 0 Å². The van der Waals surface area contributed by atoms with Crippen molar-refractivity contribution in [2.24, 2.45) is 5.92 Å². The molecule has 0 rings (SSSR count). The highest BCUT2D eigenvalue weighted by Gasteiger charge is 2.25. The van der Waals surface area contributed by atoms with Crippen LogP contribution in [0.1, 0.15) is 27.7 Å². The highest BCUT2D eigenvalue weighted by Crippen LogP contribution is 2.11. The Morgan fingerprint density at radius 3 is 2.15 bits per heavy atom. The van der Waals surface area contributed by atoms with Crippen LogP contribution in [0.5, 0.6) is 0 Å². The van der Waals surface area contributed by atoms with Gasteiger partial charge in [-0.05, 0) is 33.8 Å². The fourth-order valence-electron chi connectivity index (χ4n) is 0.683. The van der Waals surface area contributed by atoms with Gasteiger partial charge in [-0.3, -0.25) is 9.59 Å². The highest BCUT2D eigenvalue weighted by molar-refractivity contribution is 6.04. The van der Waals surface area contributed by atoms with Gasteiger partial charge >= 0.3 is 5.97 Å². The SMILES string of the molecule is C=CC(=O)C(C)C(=O)OC(C)(C)C. The van der Waals surface area contributed by atoms with E-state index in [0.717, 1.165) is 6.08 Å².